The summed E-state index contributed by atoms with van der Waals surface area (Å²) in [5.41, 5.74) is -1.66. The lowest BCUT2D eigenvalue weighted by Gasteiger charge is -2.22. The summed E-state index contributed by atoms with van der Waals surface area (Å²) < 4.78 is 19.4. The fourth-order valence-electron chi connectivity index (χ4n) is 4.57. The summed E-state index contributed by atoms with van der Waals surface area (Å²) in [7, 11) is 0. The van der Waals surface area contributed by atoms with Crippen molar-refractivity contribution in [2.45, 2.75) is 70.2 Å². The second-order valence-corrected chi connectivity index (χ2v) is 9.25. The lowest BCUT2D eigenvalue weighted by molar-refractivity contribution is -0.189. The number of aliphatic hydroxyl groups is 3. The first-order valence-corrected chi connectivity index (χ1v) is 11.6. The van der Waals surface area contributed by atoms with E-state index in [1.165, 1.54) is 28.5 Å². The van der Waals surface area contributed by atoms with Crippen molar-refractivity contribution in [1.29, 1.82) is 0 Å². The fourth-order valence-corrected chi connectivity index (χ4v) is 4.57. The van der Waals surface area contributed by atoms with Gasteiger partial charge < -0.3 is 29.5 Å². The van der Waals surface area contributed by atoms with Gasteiger partial charge in [-0.3, -0.25) is 28.7 Å². The zero-order chi connectivity index (χ0) is 26.1. The van der Waals surface area contributed by atoms with Crippen LogP contribution >= 0.6 is 0 Å². The summed E-state index contributed by atoms with van der Waals surface area (Å²) in [4.78, 5) is 51.9. The van der Waals surface area contributed by atoms with Gasteiger partial charge in [0.05, 0.1) is 25.4 Å². The van der Waals surface area contributed by atoms with Crippen molar-refractivity contribution in [1.82, 2.24) is 19.1 Å². The van der Waals surface area contributed by atoms with Gasteiger partial charge in [0.1, 0.15) is 18.6 Å². The molecule has 2 aromatic rings. The van der Waals surface area contributed by atoms with Gasteiger partial charge in [-0.1, -0.05) is 0 Å². The molecular weight excluding hydrogens is 480 g/mol. The molecule has 2 aliphatic rings. The quantitative estimate of drug-likeness (QED) is 0.264. The molecule has 14 heteroatoms. The van der Waals surface area contributed by atoms with Gasteiger partial charge in [0.15, 0.2) is 6.29 Å². The smallest absolute Gasteiger partial charge is 0.330 e. The van der Waals surface area contributed by atoms with Gasteiger partial charge in [0.25, 0.3) is 11.1 Å². The number of rotatable bonds is 8. The van der Waals surface area contributed by atoms with E-state index in [1.54, 1.807) is 6.92 Å². The Morgan fingerprint density at radius 2 is 1.56 bits per heavy atom. The first-order chi connectivity index (χ1) is 17.1. The molecule has 7 atom stereocenters. The fraction of sp³-hybridized carbons (Fsp3) is 0.636. The number of aromatic amines is 2. The van der Waals surface area contributed by atoms with Crippen molar-refractivity contribution < 1.29 is 29.5 Å². The molecule has 5 N–H and O–H groups in total. The highest BCUT2D eigenvalue weighted by molar-refractivity contribution is 5.03. The minimum atomic E-state index is -1.10. The Morgan fingerprint density at radius 1 is 1.00 bits per heavy atom. The molecule has 0 bridgehead atoms. The van der Waals surface area contributed by atoms with E-state index in [0.29, 0.717) is 17.5 Å². The molecule has 2 saturated heterocycles. The molecule has 0 saturated carbocycles. The van der Waals surface area contributed by atoms with Crippen LogP contribution in [0.2, 0.25) is 0 Å². The highest BCUT2D eigenvalue weighted by atomic mass is 16.7. The summed E-state index contributed by atoms with van der Waals surface area (Å²) in [6.45, 7) is 2.57. The second kappa shape index (κ2) is 10.6. The average Bonchev–Trinajstić information content (AvgIpc) is 3.40. The number of nitrogens with one attached hydrogen (secondary N) is 2. The molecular formula is C22H30N4O10. The van der Waals surface area contributed by atoms with Crippen LogP contribution in [0.25, 0.3) is 0 Å². The number of ether oxygens (including phenoxy) is 3. The van der Waals surface area contributed by atoms with E-state index in [9.17, 15) is 34.5 Å². The van der Waals surface area contributed by atoms with Crippen LogP contribution in [-0.4, -0.2) is 72.2 Å². The summed E-state index contributed by atoms with van der Waals surface area (Å²) in [6.07, 6.45) is -2.13. The summed E-state index contributed by atoms with van der Waals surface area (Å²) >= 11 is 0. The van der Waals surface area contributed by atoms with Crippen LogP contribution in [0, 0.1) is 19.8 Å². The first-order valence-electron chi connectivity index (χ1n) is 11.6. The molecule has 0 amide bonds. The van der Waals surface area contributed by atoms with Crippen LogP contribution in [0.3, 0.4) is 0 Å². The molecule has 198 valence electrons. The van der Waals surface area contributed by atoms with Gasteiger partial charge in [-0.25, -0.2) is 9.59 Å². The van der Waals surface area contributed by atoms with Crippen LogP contribution in [0.15, 0.2) is 31.6 Å². The van der Waals surface area contributed by atoms with Crippen LogP contribution in [0.1, 0.15) is 42.8 Å². The number of hydrogen-bond acceptors (Lipinski definition) is 10. The molecule has 0 aromatic carbocycles. The van der Waals surface area contributed by atoms with E-state index in [0.717, 1.165) is 0 Å². The molecule has 0 spiro atoms. The number of aliphatic hydroxyl groups excluding tert-OH is 3. The maximum atomic E-state index is 12.2. The third-order valence-electron chi connectivity index (χ3n) is 6.53. The SMILES string of the molecule is Cc1cn(C2CC(O)C(OCC(O)C[C@H]3C[C@H](n4cc(C)c(=O)[nH]c4=O)O[C@@H]3CO)O2)c(=O)[nH]c1=O. The van der Waals surface area contributed by atoms with Gasteiger partial charge in [-0.15, -0.1) is 0 Å². The molecule has 14 nitrogen and oxygen atoms in total. The zero-order valence-electron chi connectivity index (χ0n) is 19.8. The van der Waals surface area contributed by atoms with E-state index >= 15 is 0 Å². The minimum Gasteiger partial charge on any atom is -0.394 e. The van der Waals surface area contributed by atoms with Gasteiger partial charge >= 0.3 is 11.4 Å². The maximum Gasteiger partial charge on any atom is 0.330 e. The van der Waals surface area contributed by atoms with Crippen LogP contribution < -0.4 is 22.5 Å². The van der Waals surface area contributed by atoms with Crippen molar-refractivity contribution in [2.24, 2.45) is 5.92 Å². The van der Waals surface area contributed by atoms with E-state index < -0.39 is 59.6 Å². The first kappa shape index (κ1) is 26.2. The average molecular weight is 511 g/mol. The highest BCUT2D eigenvalue weighted by Gasteiger charge is 2.39. The Hall–Kier alpha value is -2.88. The van der Waals surface area contributed by atoms with Gasteiger partial charge in [-0.05, 0) is 32.6 Å². The predicted octanol–water partition coefficient (Wildman–Crippen LogP) is -2.03. The topological polar surface area (TPSA) is 198 Å². The Bertz CT molecular complexity index is 1310. The van der Waals surface area contributed by atoms with Crippen LogP contribution in [0.4, 0.5) is 0 Å². The number of aromatic nitrogens is 4. The lowest BCUT2D eigenvalue weighted by Crippen LogP contribution is -2.33. The molecule has 0 radical (unpaired) electrons. The van der Waals surface area contributed by atoms with Gasteiger partial charge in [0, 0.05) is 29.9 Å². The number of hydrogen-bond donors (Lipinski definition) is 5. The van der Waals surface area contributed by atoms with E-state index in [-0.39, 0.29) is 32.0 Å². The van der Waals surface area contributed by atoms with E-state index in [4.69, 9.17) is 14.2 Å². The van der Waals surface area contributed by atoms with Gasteiger partial charge in [0.2, 0.25) is 0 Å². The molecule has 2 aromatic heterocycles. The second-order valence-electron chi connectivity index (χ2n) is 9.25. The Kier molecular flexibility index (Phi) is 7.73. The molecule has 36 heavy (non-hydrogen) atoms. The standard InChI is InChI=1S/C22H30N4O10/c1-10-6-25(21(32)23-18(10)30)16-4-12(15(8-27)35-16)3-13(28)9-34-20-14(29)5-17(36-20)26-7-11(2)19(31)24-22(26)33/h6-7,12-17,20,27-29H,3-5,8-9H2,1-2H3,(H,23,30,32)(H,24,31,33)/t12-,13?,14?,15+,16+,17?,20?/m0/s1. The summed E-state index contributed by atoms with van der Waals surface area (Å²) in [6, 6.07) is 0. The zero-order valence-corrected chi connectivity index (χ0v) is 19.8. The van der Waals surface area contributed by atoms with E-state index in [2.05, 4.69) is 9.97 Å². The molecule has 4 rings (SSSR count). The summed E-state index contributed by atoms with van der Waals surface area (Å²) in [5, 5.41) is 30.6. The lowest BCUT2D eigenvalue weighted by atomic mass is 9.94. The monoisotopic (exact) mass is 510 g/mol. The van der Waals surface area contributed by atoms with Crippen molar-refractivity contribution in [2.75, 3.05) is 13.2 Å². The molecule has 4 unspecified atom stereocenters. The number of nitrogens with zero attached hydrogens (tertiary/aromatic N) is 2. The molecule has 4 heterocycles. The minimum absolute atomic E-state index is 0.0459. The highest BCUT2D eigenvalue weighted by Crippen LogP contribution is 2.36. The number of aryl methyl sites for hydroxylation is 2. The largest absolute Gasteiger partial charge is 0.394 e. The Labute approximate surface area is 203 Å². The van der Waals surface area contributed by atoms with Crippen LogP contribution in [-0.2, 0) is 14.2 Å². The third kappa shape index (κ3) is 5.43. The Morgan fingerprint density at radius 3 is 2.11 bits per heavy atom. The van der Waals surface area contributed by atoms with Crippen molar-refractivity contribution in [3.05, 3.63) is 65.2 Å². The van der Waals surface area contributed by atoms with Gasteiger partial charge in [-0.2, -0.15) is 0 Å². The number of H-pyrrole nitrogens is 2. The van der Waals surface area contributed by atoms with Crippen molar-refractivity contribution in [3.8, 4) is 0 Å². The maximum absolute atomic E-state index is 12.2. The van der Waals surface area contributed by atoms with Crippen molar-refractivity contribution >= 4 is 0 Å². The predicted molar refractivity (Wildman–Crippen MR) is 122 cm³/mol. The molecule has 0 aliphatic carbocycles. The molecule has 2 fully saturated rings. The normalized spacial score (nSPS) is 29.0. The van der Waals surface area contributed by atoms with Crippen LogP contribution in [0.5, 0.6) is 0 Å². The third-order valence-corrected chi connectivity index (χ3v) is 6.53. The Balaban J connectivity index is 1.34. The molecule has 2 aliphatic heterocycles. The van der Waals surface area contributed by atoms with E-state index in [1.807, 2.05) is 0 Å². The van der Waals surface area contributed by atoms with Crippen molar-refractivity contribution in [3.63, 3.8) is 0 Å². The summed E-state index contributed by atoms with van der Waals surface area (Å²) in [5.74, 6) is -0.317.